The van der Waals surface area contributed by atoms with Crippen LogP contribution in [0.25, 0.3) is 0 Å². The van der Waals surface area contributed by atoms with Gasteiger partial charge in [0.1, 0.15) is 0 Å². The van der Waals surface area contributed by atoms with Crippen LogP contribution < -0.4 is 21.4 Å². The molecule has 0 saturated carbocycles. The van der Waals surface area contributed by atoms with Crippen molar-refractivity contribution in [3.05, 3.63) is 15.3 Å². The maximum Gasteiger partial charge on any atom is 0.439 e. The van der Waals surface area contributed by atoms with Gasteiger partial charge in [-0.1, -0.05) is 5.21 Å². The van der Waals surface area contributed by atoms with E-state index in [2.05, 4.69) is 4.98 Å². The molecule has 1 heterocycles. The highest BCUT2D eigenvalue weighted by Gasteiger charge is 2.29. The molecule has 0 bridgehead atoms. The minimum atomic E-state index is -1.09. The van der Waals surface area contributed by atoms with Gasteiger partial charge >= 0.3 is 17.5 Å². The molecule has 1 aromatic heterocycles. The number of nitrogens with two attached hydrogens (primary N) is 2. The molecule has 0 aromatic carbocycles. The van der Waals surface area contributed by atoms with Crippen molar-refractivity contribution in [2.24, 2.45) is 0 Å². The molecule has 0 aliphatic carbocycles. The van der Waals surface area contributed by atoms with E-state index in [4.69, 9.17) is 16.7 Å². The molecule has 0 aliphatic heterocycles. The van der Waals surface area contributed by atoms with Gasteiger partial charge in [0.2, 0.25) is 0 Å². The van der Waals surface area contributed by atoms with E-state index in [1.165, 1.54) is 0 Å². The molecule has 1 radical (unpaired) electrons. The van der Waals surface area contributed by atoms with Gasteiger partial charge in [-0.2, -0.15) is 0 Å². The number of aromatic nitrogens is 2. The highest BCUT2D eigenvalue weighted by molar-refractivity contribution is 5.57. The van der Waals surface area contributed by atoms with Gasteiger partial charge in [0, 0.05) is 0 Å². The zero-order valence-corrected chi connectivity index (χ0v) is 7.02. The van der Waals surface area contributed by atoms with Crippen molar-refractivity contribution < 1.29 is 20.1 Å². The van der Waals surface area contributed by atoms with Crippen LogP contribution in [0.2, 0.25) is 0 Å². The summed E-state index contributed by atoms with van der Waals surface area (Å²) in [6.07, 6.45) is 0. The van der Waals surface area contributed by atoms with Crippen LogP contribution in [0.4, 0.5) is 23.3 Å². The second-order valence-electron chi connectivity index (χ2n) is 2.35. The number of nitrogens with zero attached hydrogens (tertiary/aromatic N) is 4. The van der Waals surface area contributed by atoms with Crippen LogP contribution in [0.15, 0.2) is 0 Å². The Morgan fingerprint density at radius 3 is 2.40 bits per heavy atom. The first kappa shape index (κ1) is 10.7. The molecule has 0 unspecified atom stereocenters. The number of anilines is 3. The molecule has 11 heteroatoms. The Bertz CT molecular complexity index is 418. The molecule has 0 amide bonds. The summed E-state index contributed by atoms with van der Waals surface area (Å²) in [6, 6.07) is 0. The monoisotopic (exact) mass is 217 g/mol. The molecular weight excluding hydrogens is 212 g/mol. The molecule has 0 saturated heterocycles. The van der Waals surface area contributed by atoms with E-state index < -0.39 is 33.4 Å². The first-order valence-corrected chi connectivity index (χ1v) is 3.35. The highest BCUT2D eigenvalue weighted by atomic mass is 16.8. The lowest BCUT2D eigenvalue weighted by atomic mass is 10.5. The van der Waals surface area contributed by atoms with Crippen molar-refractivity contribution >= 4 is 23.3 Å². The van der Waals surface area contributed by atoms with Crippen LogP contribution in [-0.4, -0.2) is 15.1 Å². The molecule has 1 rings (SSSR count). The quantitative estimate of drug-likeness (QED) is 0.227. The summed E-state index contributed by atoms with van der Waals surface area (Å²) >= 11 is 0. The van der Waals surface area contributed by atoms with Crippen LogP contribution in [0, 0.1) is 15.3 Å². The van der Waals surface area contributed by atoms with Gasteiger partial charge in [0.25, 0.3) is 5.82 Å². The summed E-state index contributed by atoms with van der Waals surface area (Å²) in [5, 5.41) is 39.4. The van der Waals surface area contributed by atoms with Crippen molar-refractivity contribution in [3.8, 4) is 0 Å². The average Bonchev–Trinajstić information content (AvgIpc) is 2.13. The van der Waals surface area contributed by atoms with Crippen molar-refractivity contribution in [3.63, 3.8) is 0 Å². The Balaban J connectivity index is 3.52. The lowest BCUT2D eigenvalue weighted by Crippen LogP contribution is -2.37. The van der Waals surface area contributed by atoms with Gasteiger partial charge in [-0.3, -0.25) is 5.21 Å². The normalized spacial score (nSPS) is 10.0. The number of rotatable bonds is 2. The summed E-state index contributed by atoms with van der Waals surface area (Å²) in [5.74, 6) is -3.77. The van der Waals surface area contributed by atoms with Crippen LogP contribution in [0.3, 0.4) is 0 Å². The van der Waals surface area contributed by atoms with Crippen LogP contribution in [0.1, 0.15) is 0 Å². The van der Waals surface area contributed by atoms with Crippen molar-refractivity contribution in [1.29, 1.82) is 0 Å². The SMILES string of the molecule is Nc1c(N([O])O)nc([N+](=O)[O-])c(N)[n+]1[O-]. The largest absolute Gasteiger partial charge is 0.740 e. The van der Waals surface area contributed by atoms with E-state index in [-0.39, 0.29) is 4.73 Å². The average molecular weight is 217 g/mol. The second kappa shape index (κ2) is 3.39. The van der Waals surface area contributed by atoms with E-state index in [0.717, 1.165) is 0 Å². The standard InChI is InChI=1S/C4H5N6O5/c5-1-3(9(12)13)7-4(10(14)15)2(6)8(1)11/h12H,5-6H2. The maximum absolute atomic E-state index is 11.1. The van der Waals surface area contributed by atoms with Gasteiger partial charge in [0.15, 0.2) is 0 Å². The van der Waals surface area contributed by atoms with Gasteiger partial charge in [-0.05, 0) is 15.1 Å². The first-order valence-electron chi connectivity index (χ1n) is 3.35. The summed E-state index contributed by atoms with van der Waals surface area (Å²) in [6.45, 7) is 0. The van der Waals surface area contributed by atoms with Gasteiger partial charge < -0.3 is 26.8 Å². The van der Waals surface area contributed by atoms with E-state index >= 15 is 0 Å². The third kappa shape index (κ3) is 1.63. The van der Waals surface area contributed by atoms with E-state index in [9.17, 15) is 20.5 Å². The Labute approximate surface area is 81.4 Å². The first-order chi connectivity index (χ1) is 6.86. The Morgan fingerprint density at radius 1 is 1.47 bits per heavy atom. The molecule has 11 nitrogen and oxygen atoms in total. The summed E-state index contributed by atoms with van der Waals surface area (Å²) in [7, 11) is 0. The number of hydrogen-bond acceptors (Lipinski definition) is 8. The molecule has 0 atom stereocenters. The predicted molar refractivity (Wildman–Crippen MR) is 43.6 cm³/mol. The molecule has 5 N–H and O–H groups in total. The smallest absolute Gasteiger partial charge is 0.439 e. The van der Waals surface area contributed by atoms with E-state index in [1.807, 2.05) is 0 Å². The number of nitro groups is 1. The molecule has 0 spiro atoms. The Kier molecular flexibility index (Phi) is 2.42. The van der Waals surface area contributed by atoms with E-state index in [0.29, 0.717) is 0 Å². The van der Waals surface area contributed by atoms with Gasteiger partial charge in [-0.15, -0.1) is 0 Å². The molecule has 0 aliphatic rings. The van der Waals surface area contributed by atoms with Crippen LogP contribution >= 0.6 is 0 Å². The second-order valence-corrected chi connectivity index (χ2v) is 2.35. The topological polar surface area (TPSA) is 178 Å². The molecule has 0 fully saturated rings. The van der Waals surface area contributed by atoms with Crippen molar-refractivity contribution in [2.75, 3.05) is 16.7 Å². The fraction of sp³-hybridized carbons (Fsp3) is 0. The lowest BCUT2D eigenvalue weighted by Gasteiger charge is -2.10. The number of hydrogen-bond donors (Lipinski definition) is 3. The van der Waals surface area contributed by atoms with Gasteiger partial charge in [-0.25, -0.2) is 4.73 Å². The van der Waals surface area contributed by atoms with Crippen molar-refractivity contribution in [1.82, 2.24) is 4.98 Å². The van der Waals surface area contributed by atoms with E-state index in [1.54, 1.807) is 0 Å². The molecular formula is C4H5N6O5. The highest BCUT2D eigenvalue weighted by Crippen LogP contribution is 2.22. The Morgan fingerprint density at radius 2 is 2.00 bits per heavy atom. The van der Waals surface area contributed by atoms with Crippen molar-refractivity contribution in [2.45, 2.75) is 0 Å². The third-order valence-electron chi connectivity index (χ3n) is 1.46. The zero-order valence-electron chi connectivity index (χ0n) is 7.02. The van der Waals surface area contributed by atoms with Crippen LogP contribution in [0.5, 0.6) is 0 Å². The summed E-state index contributed by atoms with van der Waals surface area (Å²) in [5.41, 5.74) is 10.1. The zero-order chi connectivity index (χ0) is 11.7. The molecule has 1 aromatic rings. The third-order valence-corrected chi connectivity index (χ3v) is 1.46. The molecule has 81 valence electrons. The Hall–Kier alpha value is -2.40. The fourth-order valence-electron chi connectivity index (χ4n) is 0.801. The maximum atomic E-state index is 11.1. The fourth-order valence-corrected chi connectivity index (χ4v) is 0.801. The minimum absolute atomic E-state index is 0.276. The minimum Gasteiger partial charge on any atom is -0.740 e. The van der Waals surface area contributed by atoms with Gasteiger partial charge in [0.05, 0.1) is 0 Å². The lowest BCUT2D eigenvalue weighted by molar-refractivity contribution is -0.579. The van der Waals surface area contributed by atoms with Crippen LogP contribution in [-0.2, 0) is 5.21 Å². The summed E-state index contributed by atoms with van der Waals surface area (Å²) in [4.78, 5) is 12.3. The predicted octanol–water partition coefficient (Wildman–Crippen LogP) is -1.67. The number of nitrogen functional groups attached to an aromatic ring is 2. The molecule has 15 heavy (non-hydrogen) atoms. The summed E-state index contributed by atoms with van der Waals surface area (Å²) < 4.78 is -0.276.